The normalized spacial score (nSPS) is 14.4. The Labute approximate surface area is 164 Å². The molecule has 27 heavy (non-hydrogen) atoms. The third kappa shape index (κ3) is 3.60. The summed E-state index contributed by atoms with van der Waals surface area (Å²) in [4.78, 5) is 21.6. The molecular weight excluding hydrogens is 354 g/mol. The zero-order chi connectivity index (χ0) is 18.8. The largest absolute Gasteiger partial charge is 0.368 e. The van der Waals surface area contributed by atoms with Crippen LogP contribution >= 0.6 is 11.3 Å². The smallest absolute Gasteiger partial charge is 0.255 e. The minimum absolute atomic E-state index is 0.0694. The number of anilines is 1. The highest BCUT2D eigenvalue weighted by atomic mass is 32.1. The molecule has 0 saturated carbocycles. The van der Waals surface area contributed by atoms with Crippen LogP contribution < -0.4 is 4.90 Å². The summed E-state index contributed by atoms with van der Waals surface area (Å²) in [7, 11) is 0. The molecule has 1 saturated heterocycles. The third-order valence-corrected chi connectivity index (χ3v) is 5.99. The van der Waals surface area contributed by atoms with Crippen molar-refractivity contribution in [3.8, 4) is 11.3 Å². The van der Waals surface area contributed by atoms with Crippen LogP contribution in [0.15, 0.2) is 53.4 Å². The monoisotopic (exact) mass is 377 g/mol. The van der Waals surface area contributed by atoms with E-state index in [2.05, 4.69) is 47.3 Å². The standard InChI is InChI=1S/C22H23N3OS/c1-16-4-3-5-21(17(16)2)24-9-11-25(12-10-24)22(26)18-6-7-20(23-14-18)19-8-13-27-15-19/h3-8,13-15H,9-12H2,1-2H3. The third-order valence-electron chi connectivity index (χ3n) is 5.31. The van der Waals surface area contributed by atoms with Crippen LogP contribution in [0.25, 0.3) is 11.3 Å². The maximum atomic E-state index is 12.8. The molecule has 0 atom stereocenters. The van der Waals surface area contributed by atoms with Crippen molar-refractivity contribution in [3.63, 3.8) is 0 Å². The van der Waals surface area contributed by atoms with Crippen LogP contribution in [0.2, 0.25) is 0 Å². The van der Waals surface area contributed by atoms with Crippen molar-refractivity contribution in [2.24, 2.45) is 0 Å². The maximum Gasteiger partial charge on any atom is 0.255 e. The average molecular weight is 378 g/mol. The number of hydrogen-bond acceptors (Lipinski definition) is 4. The first kappa shape index (κ1) is 17.7. The van der Waals surface area contributed by atoms with Gasteiger partial charge in [-0.25, -0.2) is 0 Å². The van der Waals surface area contributed by atoms with Gasteiger partial charge in [0.15, 0.2) is 0 Å². The molecule has 0 spiro atoms. The van der Waals surface area contributed by atoms with Gasteiger partial charge in [0.1, 0.15) is 0 Å². The summed E-state index contributed by atoms with van der Waals surface area (Å²) in [6, 6.07) is 12.3. The molecule has 1 amide bonds. The van der Waals surface area contributed by atoms with Gasteiger partial charge in [-0.15, -0.1) is 0 Å². The molecule has 0 N–H and O–H groups in total. The van der Waals surface area contributed by atoms with Crippen molar-refractivity contribution in [1.29, 1.82) is 0 Å². The first-order chi connectivity index (χ1) is 13.1. The minimum Gasteiger partial charge on any atom is -0.368 e. The number of piperazine rings is 1. The molecule has 0 unspecified atom stereocenters. The van der Waals surface area contributed by atoms with Crippen molar-refractivity contribution in [2.45, 2.75) is 13.8 Å². The van der Waals surface area contributed by atoms with Crippen LogP contribution in [-0.2, 0) is 0 Å². The van der Waals surface area contributed by atoms with Gasteiger partial charge in [0.05, 0.1) is 11.3 Å². The van der Waals surface area contributed by atoms with Gasteiger partial charge in [0.25, 0.3) is 5.91 Å². The molecule has 0 aliphatic carbocycles. The molecule has 1 aliphatic heterocycles. The Kier molecular flexibility index (Phi) is 4.94. The molecule has 3 aromatic rings. The Morgan fingerprint density at radius 2 is 1.85 bits per heavy atom. The van der Waals surface area contributed by atoms with Crippen LogP contribution in [-0.4, -0.2) is 42.0 Å². The van der Waals surface area contributed by atoms with Crippen molar-refractivity contribution in [1.82, 2.24) is 9.88 Å². The van der Waals surface area contributed by atoms with E-state index in [0.29, 0.717) is 5.56 Å². The molecule has 2 aromatic heterocycles. The van der Waals surface area contributed by atoms with Gasteiger partial charge in [-0.05, 0) is 54.6 Å². The number of nitrogens with zero attached hydrogens (tertiary/aromatic N) is 3. The van der Waals surface area contributed by atoms with Crippen molar-refractivity contribution in [3.05, 3.63) is 70.0 Å². The predicted octanol–water partition coefficient (Wildman–Crippen LogP) is 4.39. The molecule has 138 valence electrons. The lowest BCUT2D eigenvalue weighted by Crippen LogP contribution is -2.49. The van der Waals surface area contributed by atoms with Crippen molar-refractivity contribution in [2.75, 3.05) is 31.1 Å². The van der Waals surface area contributed by atoms with Crippen LogP contribution in [0, 0.1) is 13.8 Å². The number of benzene rings is 1. The van der Waals surface area contributed by atoms with E-state index in [-0.39, 0.29) is 5.91 Å². The summed E-state index contributed by atoms with van der Waals surface area (Å²) < 4.78 is 0. The molecule has 3 heterocycles. The Morgan fingerprint density at radius 1 is 1.04 bits per heavy atom. The number of aromatic nitrogens is 1. The van der Waals surface area contributed by atoms with Gasteiger partial charge in [-0.1, -0.05) is 12.1 Å². The number of rotatable bonds is 3. The molecule has 5 heteroatoms. The highest BCUT2D eigenvalue weighted by Gasteiger charge is 2.23. The van der Waals surface area contributed by atoms with Crippen LogP contribution in [0.5, 0.6) is 0 Å². The van der Waals surface area contributed by atoms with Gasteiger partial charge in [0, 0.05) is 49.0 Å². The van der Waals surface area contributed by atoms with Crippen molar-refractivity contribution >= 4 is 22.9 Å². The number of thiophene rings is 1. The number of carbonyl (C=O) groups excluding carboxylic acids is 1. The summed E-state index contributed by atoms with van der Waals surface area (Å²) in [5.41, 5.74) is 6.58. The first-order valence-corrected chi connectivity index (χ1v) is 10.2. The second-order valence-corrected chi connectivity index (χ2v) is 7.72. The number of carbonyl (C=O) groups is 1. The van der Waals surface area contributed by atoms with Gasteiger partial charge in [-0.3, -0.25) is 9.78 Å². The molecule has 1 aromatic carbocycles. The summed E-state index contributed by atoms with van der Waals surface area (Å²) in [5.74, 6) is 0.0694. The van der Waals surface area contributed by atoms with Gasteiger partial charge >= 0.3 is 0 Å². The fourth-order valence-electron chi connectivity index (χ4n) is 3.51. The summed E-state index contributed by atoms with van der Waals surface area (Å²) in [5, 5.41) is 4.10. The zero-order valence-electron chi connectivity index (χ0n) is 15.7. The van der Waals surface area contributed by atoms with Crippen LogP contribution in [0.3, 0.4) is 0 Å². The molecule has 4 rings (SSSR count). The Balaban J connectivity index is 1.42. The molecule has 1 aliphatic rings. The fraction of sp³-hybridized carbons (Fsp3) is 0.273. The maximum absolute atomic E-state index is 12.8. The van der Waals surface area contributed by atoms with Gasteiger partial charge in [0.2, 0.25) is 0 Å². The van der Waals surface area contributed by atoms with E-state index in [1.54, 1.807) is 17.5 Å². The summed E-state index contributed by atoms with van der Waals surface area (Å²) in [6.07, 6.45) is 1.70. The Morgan fingerprint density at radius 3 is 2.52 bits per heavy atom. The second kappa shape index (κ2) is 7.53. The van der Waals surface area contributed by atoms with Gasteiger partial charge in [-0.2, -0.15) is 11.3 Å². The SMILES string of the molecule is Cc1cccc(N2CCN(C(=O)c3ccc(-c4ccsc4)nc3)CC2)c1C. The Bertz CT molecular complexity index is 927. The van der Waals surface area contributed by atoms with E-state index in [1.807, 2.05) is 28.5 Å². The lowest BCUT2D eigenvalue weighted by atomic mass is 10.1. The van der Waals surface area contributed by atoms with Gasteiger partial charge < -0.3 is 9.80 Å². The number of aryl methyl sites for hydroxylation is 1. The summed E-state index contributed by atoms with van der Waals surface area (Å²) in [6.45, 7) is 7.50. The highest BCUT2D eigenvalue weighted by molar-refractivity contribution is 7.08. The molecular formula is C22H23N3OS. The topological polar surface area (TPSA) is 36.4 Å². The molecule has 0 bridgehead atoms. The van der Waals surface area contributed by atoms with Crippen LogP contribution in [0.1, 0.15) is 21.5 Å². The van der Waals surface area contributed by atoms with E-state index >= 15 is 0 Å². The number of pyridine rings is 1. The Hall–Kier alpha value is -2.66. The quantitative estimate of drug-likeness (QED) is 0.679. The number of hydrogen-bond donors (Lipinski definition) is 0. The van der Waals surface area contributed by atoms with E-state index in [4.69, 9.17) is 0 Å². The fourth-order valence-corrected chi connectivity index (χ4v) is 4.16. The molecule has 0 radical (unpaired) electrons. The highest BCUT2D eigenvalue weighted by Crippen LogP contribution is 2.24. The van der Waals surface area contributed by atoms with Crippen molar-refractivity contribution < 1.29 is 4.79 Å². The predicted molar refractivity (Wildman–Crippen MR) is 112 cm³/mol. The van der Waals surface area contributed by atoms with E-state index in [0.717, 1.165) is 37.4 Å². The second-order valence-electron chi connectivity index (χ2n) is 6.94. The first-order valence-electron chi connectivity index (χ1n) is 9.22. The minimum atomic E-state index is 0.0694. The zero-order valence-corrected chi connectivity index (χ0v) is 16.5. The lowest BCUT2D eigenvalue weighted by Gasteiger charge is -2.37. The van der Waals surface area contributed by atoms with E-state index in [9.17, 15) is 4.79 Å². The molecule has 1 fully saturated rings. The van der Waals surface area contributed by atoms with E-state index in [1.165, 1.54) is 16.8 Å². The number of amides is 1. The van der Waals surface area contributed by atoms with Crippen LogP contribution in [0.4, 0.5) is 5.69 Å². The van der Waals surface area contributed by atoms with E-state index < -0.39 is 0 Å². The summed E-state index contributed by atoms with van der Waals surface area (Å²) >= 11 is 1.65. The lowest BCUT2D eigenvalue weighted by molar-refractivity contribution is 0.0746. The average Bonchev–Trinajstić information content (AvgIpc) is 3.25. The molecule has 4 nitrogen and oxygen atoms in total.